The molecule has 0 amide bonds. The third-order valence-corrected chi connectivity index (χ3v) is 2.74. The highest BCUT2D eigenvalue weighted by Gasteiger charge is 1.97. The molecule has 2 heteroatoms. The highest BCUT2D eigenvalue weighted by Crippen LogP contribution is 2.13. The fourth-order valence-corrected chi connectivity index (χ4v) is 1.83. The van der Waals surface area contributed by atoms with Crippen molar-refractivity contribution in [3.63, 3.8) is 0 Å². The average molecular weight is 240 g/mol. The van der Waals surface area contributed by atoms with Crippen LogP contribution in [0, 0.1) is 6.92 Å². The molecule has 2 aromatic carbocycles. The monoisotopic (exact) mass is 240 g/mol. The summed E-state index contributed by atoms with van der Waals surface area (Å²) in [6, 6.07) is 15.6. The molecule has 0 saturated heterocycles. The van der Waals surface area contributed by atoms with E-state index in [-0.39, 0.29) is 0 Å². The molecule has 2 nitrogen and oxygen atoms in total. The smallest absolute Gasteiger partial charge is 0.150 e. The fraction of sp³-hybridized carbons (Fsp3) is 0.188. The molecule has 0 fully saturated rings. The van der Waals surface area contributed by atoms with Crippen molar-refractivity contribution in [1.82, 2.24) is 0 Å². The Morgan fingerprint density at radius 3 is 2.72 bits per heavy atom. The zero-order valence-corrected chi connectivity index (χ0v) is 10.4. The van der Waals surface area contributed by atoms with Crippen molar-refractivity contribution in [2.24, 2.45) is 0 Å². The first kappa shape index (κ1) is 12.4. The van der Waals surface area contributed by atoms with E-state index >= 15 is 0 Å². The fourth-order valence-electron chi connectivity index (χ4n) is 1.83. The minimum absolute atomic E-state index is 0.617. The van der Waals surface area contributed by atoms with Gasteiger partial charge in [0, 0.05) is 12.0 Å². The van der Waals surface area contributed by atoms with Crippen LogP contribution < -0.4 is 4.74 Å². The summed E-state index contributed by atoms with van der Waals surface area (Å²) >= 11 is 0. The first-order valence-corrected chi connectivity index (χ1v) is 6.01. The van der Waals surface area contributed by atoms with Gasteiger partial charge in [0.05, 0.1) is 6.61 Å². The van der Waals surface area contributed by atoms with E-state index in [0.29, 0.717) is 12.2 Å². The molecule has 0 radical (unpaired) electrons. The highest BCUT2D eigenvalue weighted by molar-refractivity contribution is 5.75. The van der Waals surface area contributed by atoms with Crippen LogP contribution in [0.5, 0.6) is 5.75 Å². The summed E-state index contributed by atoms with van der Waals surface area (Å²) in [5.74, 6) is 0.743. The second kappa shape index (κ2) is 6.01. The molecule has 0 atom stereocenters. The van der Waals surface area contributed by atoms with Gasteiger partial charge < -0.3 is 4.74 Å². The van der Waals surface area contributed by atoms with Crippen LogP contribution in [0.15, 0.2) is 48.5 Å². The molecule has 0 aliphatic carbocycles. The second-order valence-corrected chi connectivity index (χ2v) is 4.28. The van der Waals surface area contributed by atoms with Gasteiger partial charge >= 0.3 is 0 Å². The molecule has 0 heterocycles. The highest BCUT2D eigenvalue weighted by atomic mass is 16.5. The van der Waals surface area contributed by atoms with Crippen molar-refractivity contribution < 1.29 is 9.53 Å². The number of benzene rings is 2. The van der Waals surface area contributed by atoms with Crippen LogP contribution in [-0.2, 0) is 6.42 Å². The molecule has 2 aromatic rings. The van der Waals surface area contributed by atoms with Crippen LogP contribution in [0.4, 0.5) is 0 Å². The Hall–Kier alpha value is -2.09. The Morgan fingerprint density at radius 1 is 1.11 bits per heavy atom. The number of ether oxygens (including phenoxy) is 1. The lowest BCUT2D eigenvalue weighted by Crippen LogP contribution is -2.01. The van der Waals surface area contributed by atoms with Crippen LogP contribution >= 0.6 is 0 Å². The van der Waals surface area contributed by atoms with Crippen molar-refractivity contribution in [2.45, 2.75) is 13.3 Å². The van der Waals surface area contributed by atoms with Gasteiger partial charge in [-0.3, -0.25) is 4.79 Å². The summed E-state index contributed by atoms with van der Waals surface area (Å²) in [7, 11) is 0. The molecule has 0 bridgehead atoms. The molecule has 0 aliphatic heterocycles. The maximum Gasteiger partial charge on any atom is 0.150 e. The van der Waals surface area contributed by atoms with E-state index in [2.05, 4.69) is 31.2 Å². The molecule has 0 aliphatic rings. The van der Waals surface area contributed by atoms with Gasteiger partial charge in [-0.2, -0.15) is 0 Å². The molecule has 92 valence electrons. The molecule has 0 unspecified atom stereocenters. The standard InChI is InChI=1S/C16H16O2/c1-13-4-2-5-14(10-13)8-9-18-16-7-3-6-15(11-16)12-17/h2-7,10-12H,8-9H2,1H3. The molecule has 0 N–H and O–H groups in total. The van der Waals surface area contributed by atoms with Gasteiger partial charge in [-0.25, -0.2) is 0 Å². The van der Waals surface area contributed by atoms with Gasteiger partial charge in [-0.05, 0) is 24.6 Å². The minimum atomic E-state index is 0.617. The molecule has 0 saturated carbocycles. The molecule has 0 spiro atoms. The summed E-state index contributed by atoms with van der Waals surface area (Å²) in [5.41, 5.74) is 3.17. The SMILES string of the molecule is Cc1cccc(CCOc2cccc(C=O)c2)c1. The maximum atomic E-state index is 10.6. The van der Waals surface area contributed by atoms with Gasteiger partial charge in [-0.1, -0.05) is 42.0 Å². The van der Waals surface area contributed by atoms with E-state index in [0.717, 1.165) is 18.5 Å². The summed E-state index contributed by atoms with van der Waals surface area (Å²) < 4.78 is 5.63. The van der Waals surface area contributed by atoms with Crippen LogP contribution in [0.1, 0.15) is 21.5 Å². The minimum Gasteiger partial charge on any atom is -0.493 e. The van der Waals surface area contributed by atoms with Gasteiger partial charge in [-0.15, -0.1) is 0 Å². The number of aryl methyl sites for hydroxylation is 1. The topological polar surface area (TPSA) is 26.3 Å². The zero-order chi connectivity index (χ0) is 12.8. The molecule has 18 heavy (non-hydrogen) atoms. The zero-order valence-electron chi connectivity index (χ0n) is 10.4. The van der Waals surface area contributed by atoms with Gasteiger partial charge in [0.25, 0.3) is 0 Å². The van der Waals surface area contributed by atoms with Crippen molar-refractivity contribution in [1.29, 1.82) is 0 Å². The van der Waals surface area contributed by atoms with Crippen molar-refractivity contribution in [3.05, 3.63) is 65.2 Å². The van der Waals surface area contributed by atoms with Gasteiger partial charge in [0.1, 0.15) is 12.0 Å². The lowest BCUT2D eigenvalue weighted by Gasteiger charge is -2.07. The Morgan fingerprint density at radius 2 is 1.94 bits per heavy atom. The molecular formula is C16H16O2. The van der Waals surface area contributed by atoms with E-state index in [4.69, 9.17) is 4.74 Å². The molecule has 0 aromatic heterocycles. The molecular weight excluding hydrogens is 224 g/mol. The number of hydrogen-bond acceptors (Lipinski definition) is 2. The number of carbonyl (C=O) groups excluding carboxylic acids is 1. The van der Waals surface area contributed by atoms with Crippen molar-refractivity contribution >= 4 is 6.29 Å². The first-order chi connectivity index (χ1) is 8.78. The summed E-state index contributed by atoms with van der Waals surface area (Å²) in [6.45, 7) is 2.70. The Kier molecular flexibility index (Phi) is 4.13. The normalized spacial score (nSPS) is 10.1. The largest absolute Gasteiger partial charge is 0.493 e. The Bertz CT molecular complexity index is 532. The number of hydrogen-bond donors (Lipinski definition) is 0. The predicted octanol–water partition coefficient (Wildman–Crippen LogP) is 3.43. The average Bonchev–Trinajstić information content (AvgIpc) is 2.39. The van der Waals surface area contributed by atoms with Crippen LogP contribution in [0.3, 0.4) is 0 Å². The summed E-state index contributed by atoms with van der Waals surface area (Å²) in [4.78, 5) is 10.6. The lowest BCUT2D eigenvalue weighted by atomic mass is 10.1. The third kappa shape index (κ3) is 3.45. The van der Waals surface area contributed by atoms with Crippen molar-refractivity contribution in [2.75, 3.05) is 6.61 Å². The quantitative estimate of drug-likeness (QED) is 0.748. The van der Waals surface area contributed by atoms with E-state index in [1.807, 2.05) is 12.1 Å². The number of aldehydes is 1. The van der Waals surface area contributed by atoms with E-state index in [9.17, 15) is 4.79 Å². The predicted molar refractivity (Wildman–Crippen MR) is 72.2 cm³/mol. The Labute approximate surface area is 107 Å². The Balaban J connectivity index is 1.90. The number of carbonyl (C=O) groups is 1. The maximum absolute atomic E-state index is 10.6. The first-order valence-electron chi connectivity index (χ1n) is 6.01. The van der Waals surface area contributed by atoms with Gasteiger partial charge in [0.2, 0.25) is 0 Å². The van der Waals surface area contributed by atoms with Crippen LogP contribution in [0.25, 0.3) is 0 Å². The second-order valence-electron chi connectivity index (χ2n) is 4.28. The summed E-state index contributed by atoms with van der Waals surface area (Å²) in [5, 5.41) is 0. The van der Waals surface area contributed by atoms with Crippen LogP contribution in [-0.4, -0.2) is 12.9 Å². The van der Waals surface area contributed by atoms with Crippen molar-refractivity contribution in [3.8, 4) is 5.75 Å². The molecule has 2 rings (SSSR count). The lowest BCUT2D eigenvalue weighted by molar-refractivity contribution is 0.112. The third-order valence-electron chi connectivity index (χ3n) is 2.74. The van der Waals surface area contributed by atoms with Crippen LogP contribution in [0.2, 0.25) is 0 Å². The van der Waals surface area contributed by atoms with E-state index in [1.165, 1.54) is 11.1 Å². The van der Waals surface area contributed by atoms with Gasteiger partial charge in [0.15, 0.2) is 0 Å². The summed E-state index contributed by atoms with van der Waals surface area (Å²) in [6.07, 6.45) is 1.69. The van der Waals surface area contributed by atoms with E-state index < -0.39 is 0 Å². The van der Waals surface area contributed by atoms with E-state index in [1.54, 1.807) is 12.1 Å². The number of rotatable bonds is 5.